The van der Waals surface area contributed by atoms with Crippen LogP contribution in [0.15, 0.2) is 12.3 Å². The molecule has 0 aliphatic rings. The molecule has 0 aliphatic heterocycles. The van der Waals surface area contributed by atoms with Crippen molar-refractivity contribution in [1.29, 1.82) is 0 Å². The molecule has 0 aliphatic carbocycles. The Bertz CT molecular complexity index is 372. The zero-order valence-corrected chi connectivity index (χ0v) is 8.38. The summed E-state index contributed by atoms with van der Waals surface area (Å²) in [6, 6.07) is 1.06. The Kier molecular flexibility index (Phi) is 4.48. The largest absolute Gasteiger partial charge is 0.396 e. The molecule has 0 fully saturated rings. The van der Waals surface area contributed by atoms with E-state index < -0.39 is 18.0 Å². The summed E-state index contributed by atoms with van der Waals surface area (Å²) in [5.41, 5.74) is -0.246. The van der Waals surface area contributed by atoms with Gasteiger partial charge in [-0.1, -0.05) is 0 Å². The van der Waals surface area contributed by atoms with Gasteiger partial charge in [0, 0.05) is 6.61 Å². The highest BCUT2D eigenvalue weighted by atomic mass is 19.1. The molecule has 6 heteroatoms. The second-order valence-electron chi connectivity index (χ2n) is 3.27. The number of aromatic nitrogens is 1. The van der Waals surface area contributed by atoms with E-state index in [1.165, 1.54) is 0 Å². The molecular weight excluding hydrogens is 217 g/mol. The van der Waals surface area contributed by atoms with E-state index in [1.807, 2.05) is 0 Å². The topological polar surface area (TPSA) is 90.7 Å². The van der Waals surface area contributed by atoms with Gasteiger partial charge in [0.15, 0.2) is 12.1 Å². The van der Waals surface area contributed by atoms with Gasteiger partial charge in [0.1, 0.15) is 6.10 Å². The zero-order chi connectivity index (χ0) is 12.1. The van der Waals surface area contributed by atoms with E-state index in [9.17, 15) is 19.4 Å². The summed E-state index contributed by atoms with van der Waals surface area (Å²) in [5, 5.41) is 27.5. The second-order valence-corrected chi connectivity index (χ2v) is 3.27. The fourth-order valence-corrected chi connectivity index (χ4v) is 1.21. The zero-order valence-electron chi connectivity index (χ0n) is 8.38. The van der Waals surface area contributed by atoms with Crippen LogP contribution >= 0.6 is 0 Å². The van der Waals surface area contributed by atoms with E-state index in [0.717, 1.165) is 12.3 Å². The monoisotopic (exact) mass is 229 g/mol. The lowest BCUT2D eigenvalue weighted by Crippen LogP contribution is -2.20. The van der Waals surface area contributed by atoms with E-state index in [2.05, 4.69) is 4.98 Å². The fraction of sp³-hybridized carbons (Fsp3) is 0.400. The van der Waals surface area contributed by atoms with Gasteiger partial charge in [0.25, 0.3) is 0 Å². The number of aliphatic hydroxyl groups excluding tert-OH is 3. The molecule has 0 saturated carbocycles. The lowest BCUT2D eigenvalue weighted by Gasteiger charge is -2.16. The molecule has 2 unspecified atom stereocenters. The molecule has 3 N–H and O–H groups in total. The first kappa shape index (κ1) is 12.7. The molecule has 88 valence electrons. The summed E-state index contributed by atoms with van der Waals surface area (Å²) >= 11 is 0. The van der Waals surface area contributed by atoms with Crippen LogP contribution in [0.3, 0.4) is 0 Å². The first-order valence-corrected chi connectivity index (χ1v) is 4.67. The first-order chi connectivity index (χ1) is 7.60. The maximum atomic E-state index is 12.9. The highest BCUT2D eigenvalue weighted by Crippen LogP contribution is 2.18. The van der Waals surface area contributed by atoms with Crippen molar-refractivity contribution in [3.05, 3.63) is 29.3 Å². The maximum absolute atomic E-state index is 12.9. The third-order valence-corrected chi connectivity index (χ3v) is 2.13. The lowest BCUT2D eigenvalue weighted by atomic mass is 10.1. The van der Waals surface area contributed by atoms with Crippen molar-refractivity contribution in [1.82, 2.24) is 4.98 Å². The van der Waals surface area contributed by atoms with Crippen LogP contribution in [0.2, 0.25) is 0 Å². The highest BCUT2D eigenvalue weighted by molar-refractivity contribution is 5.75. The Labute approximate surface area is 91.2 Å². The van der Waals surface area contributed by atoms with Crippen LogP contribution in [0.1, 0.15) is 28.6 Å². The summed E-state index contributed by atoms with van der Waals surface area (Å²) in [4.78, 5) is 14.0. The Hall–Kier alpha value is -1.37. The number of carbonyl (C=O) groups is 1. The van der Waals surface area contributed by atoms with Gasteiger partial charge < -0.3 is 15.3 Å². The van der Waals surface area contributed by atoms with Gasteiger partial charge in [-0.3, -0.25) is 9.78 Å². The molecule has 1 rings (SSSR count). The standard InChI is InChI=1S/C10H12FNO4/c11-7-4-12-8(3-6(7)5-14)10(16)9(15)1-2-13/h3-5,9-10,13,15-16H,1-2H2. The Morgan fingerprint density at radius 2 is 2.19 bits per heavy atom. The van der Waals surface area contributed by atoms with Crippen LogP contribution in [-0.4, -0.2) is 39.3 Å². The first-order valence-electron chi connectivity index (χ1n) is 4.67. The molecule has 0 amide bonds. The second kappa shape index (κ2) is 5.64. The van der Waals surface area contributed by atoms with Crippen molar-refractivity contribution in [2.45, 2.75) is 18.6 Å². The average Bonchev–Trinajstić information content (AvgIpc) is 2.29. The average molecular weight is 229 g/mol. The van der Waals surface area contributed by atoms with Crippen molar-refractivity contribution >= 4 is 6.29 Å². The molecule has 1 aromatic rings. The normalized spacial score (nSPS) is 14.5. The molecule has 1 aromatic heterocycles. The molecule has 5 nitrogen and oxygen atoms in total. The van der Waals surface area contributed by atoms with Crippen LogP contribution < -0.4 is 0 Å². The third-order valence-electron chi connectivity index (χ3n) is 2.13. The van der Waals surface area contributed by atoms with E-state index in [-0.39, 0.29) is 24.3 Å². The van der Waals surface area contributed by atoms with Crippen molar-refractivity contribution in [2.75, 3.05) is 6.61 Å². The molecule has 2 atom stereocenters. The van der Waals surface area contributed by atoms with E-state index in [4.69, 9.17) is 5.11 Å². The molecule has 0 bridgehead atoms. The van der Waals surface area contributed by atoms with Crippen molar-refractivity contribution in [2.24, 2.45) is 0 Å². The summed E-state index contributed by atoms with van der Waals surface area (Å²) in [7, 11) is 0. The predicted molar refractivity (Wildman–Crippen MR) is 52.3 cm³/mol. The van der Waals surface area contributed by atoms with Crippen LogP contribution in [0.4, 0.5) is 4.39 Å². The summed E-state index contributed by atoms with van der Waals surface area (Å²) in [6.45, 7) is -0.292. The SMILES string of the molecule is O=Cc1cc(C(O)C(O)CCO)ncc1F. The van der Waals surface area contributed by atoms with Gasteiger partial charge in [-0.2, -0.15) is 0 Å². The van der Waals surface area contributed by atoms with Crippen LogP contribution in [-0.2, 0) is 0 Å². The number of aldehydes is 1. The minimum Gasteiger partial charge on any atom is -0.396 e. The Morgan fingerprint density at radius 3 is 2.75 bits per heavy atom. The van der Waals surface area contributed by atoms with Gasteiger partial charge in [0.05, 0.1) is 23.6 Å². The molecule has 0 spiro atoms. The Morgan fingerprint density at radius 1 is 1.50 bits per heavy atom. The van der Waals surface area contributed by atoms with Gasteiger partial charge in [-0.15, -0.1) is 0 Å². The van der Waals surface area contributed by atoms with Crippen molar-refractivity contribution in [3.63, 3.8) is 0 Å². The van der Waals surface area contributed by atoms with Gasteiger partial charge in [0.2, 0.25) is 0 Å². The number of carbonyl (C=O) groups excluding carboxylic acids is 1. The molecule has 1 heterocycles. The quantitative estimate of drug-likeness (QED) is 0.609. The summed E-state index contributed by atoms with van der Waals surface area (Å²) < 4.78 is 12.9. The summed E-state index contributed by atoms with van der Waals surface area (Å²) in [5.74, 6) is -0.789. The molecule has 16 heavy (non-hydrogen) atoms. The molecular formula is C10H12FNO4. The molecule has 0 aromatic carbocycles. The number of hydrogen-bond donors (Lipinski definition) is 3. The van der Waals surface area contributed by atoms with Crippen LogP contribution in [0, 0.1) is 5.82 Å². The highest BCUT2D eigenvalue weighted by Gasteiger charge is 2.20. The number of pyridine rings is 1. The number of nitrogens with zero attached hydrogens (tertiary/aromatic N) is 1. The van der Waals surface area contributed by atoms with Crippen molar-refractivity contribution < 1.29 is 24.5 Å². The lowest BCUT2D eigenvalue weighted by molar-refractivity contribution is 0.00182. The molecule has 0 radical (unpaired) electrons. The number of hydrogen-bond acceptors (Lipinski definition) is 5. The van der Waals surface area contributed by atoms with Crippen LogP contribution in [0.25, 0.3) is 0 Å². The van der Waals surface area contributed by atoms with Gasteiger partial charge in [-0.05, 0) is 12.5 Å². The number of halogens is 1. The fourth-order valence-electron chi connectivity index (χ4n) is 1.21. The predicted octanol–water partition coefficient (Wildman–Crippen LogP) is -0.190. The van der Waals surface area contributed by atoms with Crippen molar-refractivity contribution in [3.8, 4) is 0 Å². The number of aliphatic hydroxyl groups is 3. The minimum absolute atomic E-state index is 0.00977. The van der Waals surface area contributed by atoms with Gasteiger partial charge >= 0.3 is 0 Å². The number of rotatable bonds is 5. The van der Waals surface area contributed by atoms with E-state index in [1.54, 1.807) is 0 Å². The van der Waals surface area contributed by atoms with E-state index >= 15 is 0 Å². The molecule has 0 saturated heterocycles. The minimum atomic E-state index is -1.36. The smallest absolute Gasteiger partial charge is 0.153 e. The summed E-state index contributed by atoms with van der Waals surface area (Å²) in [6.07, 6.45) is -1.50. The third kappa shape index (κ3) is 2.82. The van der Waals surface area contributed by atoms with Crippen LogP contribution in [0.5, 0.6) is 0 Å². The van der Waals surface area contributed by atoms with E-state index in [0.29, 0.717) is 6.29 Å². The Balaban J connectivity index is 2.91. The maximum Gasteiger partial charge on any atom is 0.153 e. The van der Waals surface area contributed by atoms with Gasteiger partial charge in [-0.25, -0.2) is 4.39 Å².